The number of benzene rings is 3. The van der Waals surface area contributed by atoms with Crippen molar-refractivity contribution in [2.24, 2.45) is 22.4 Å². The summed E-state index contributed by atoms with van der Waals surface area (Å²) in [5, 5.41) is 0. The number of guanidine groups is 1. The highest BCUT2D eigenvalue weighted by Gasteiger charge is 2.20. The average molecular weight is 485 g/mol. The van der Waals surface area contributed by atoms with E-state index in [1.807, 2.05) is 53.4 Å². The summed E-state index contributed by atoms with van der Waals surface area (Å²) in [6, 6.07) is 23.4. The van der Waals surface area contributed by atoms with Crippen LogP contribution in [0, 0.1) is 12.8 Å². The van der Waals surface area contributed by atoms with E-state index in [4.69, 9.17) is 21.2 Å². The van der Waals surface area contributed by atoms with E-state index in [9.17, 15) is 4.79 Å². The van der Waals surface area contributed by atoms with Gasteiger partial charge in [-0.25, -0.2) is 0 Å². The minimum Gasteiger partial charge on any atom is -0.487 e. The lowest BCUT2D eigenvalue weighted by molar-refractivity contribution is 0.1000. The van der Waals surface area contributed by atoms with Crippen molar-refractivity contribution in [3.05, 3.63) is 95.1 Å². The molecular weight excluding hydrogens is 448 g/mol. The molecule has 1 fully saturated rings. The summed E-state index contributed by atoms with van der Waals surface area (Å²) >= 11 is 0. The van der Waals surface area contributed by atoms with Crippen LogP contribution in [0.1, 0.15) is 59.2 Å². The van der Waals surface area contributed by atoms with E-state index in [0.29, 0.717) is 36.3 Å². The van der Waals surface area contributed by atoms with Crippen LogP contribution in [0.25, 0.3) is 0 Å². The molecule has 0 heterocycles. The number of amides is 1. The predicted octanol–water partition coefficient (Wildman–Crippen LogP) is 5.57. The van der Waals surface area contributed by atoms with E-state index >= 15 is 0 Å². The van der Waals surface area contributed by atoms with Crippen molar-refractivity contribution >= 4 is 17.6 Å². The fraction of sp³-hybridized carbons (Fsp3) is 0.333. The SMILES string of the molecule is Cc1ccccc1CN(C(N)=NCC1CCCCC1)c1ccc(C(N)=O)cc1OCc1ccccc1. The molecule has 3 aromatic carbocycles. The summed E-state index contributed by atoms with van der Waals surface area (Å²) in [6.45, 7) is 3.69. The molecule has 0 aliphatic heterocycles. The van der Waals surface area contributed by atoms with E-state index in [1.165, 1.54) is 37.7 Å². The van der Waals surface area contributed by atoms with Gasteiger partial charge in [0.05, 0.1) is 12.2 Å². The number of primary amides is 1. The highest BCUT2D eigenvalue weighted by Crippen LogP contribution is 2.32. The molecule has 0 atom stereocenters. The molecule has 0 radical (unpaired) electrons. The van der Waals surface area contributed by atoms with Crippen molar-refractivity contribution in [3.8, 4) is 5.75 Å². The topological polar surface area (TPSA) is 93.9 Å². The van der Waals surface area contributed by atoms with Gasteiger partial charge in [-0.2, -0.15) is 0 Å². The molecule has 3 aromatic rings. The molecule has 6 heteroatoms. The Morgan fingerprint density at radius 3 is 2.42 bits per heavy atom. The zero-order chi connectivity index (χ0) is 25.3. The molecule has 0 aromatic heterocycles. The van der Waals surface area contributed by atoms with Gasteiger partial charge in [0.25, 0.3) is 0 Å². The van der Waals surface area contributed by atoms with Crippen LogP contribution in [0.5, 0.6) is 5.75 Å². The van der Waals surface area contributed by atoms with Crippen LogP contribution < -0.4 is 21.1 Å². The second-order valence-electron chi connectivity index (χ2n) is 9.54. The summed E-state index contributed by atoms with van der Waals surface area (Å²) in [7, 11) is 0. The molecule has 1 aliphatic carbocycles. The summed E-state index contributed by atoms with van der Waals surface area (Å²) in [5.74, 6) is 1.05. The molecule has 188 valence electrons. The average Bonchev–Trinajstić information content (AvgIpc) is 2.91. The van der Waals surface area contributed by atoms with Crippen molar-refractivity contribution in [2.45, 2.75) is 52.2 Å². The van der Waals surface area contributed by atoms with E-state index in [0.717, 1.165) is 23.4 Å². The Morgan fingerprint density at radius 2 is 1.69 bits per heavy atom. The molecule has 1 saturated carbocycles. The third-order valence-electron chi connectivity index (χ3n) is 6.87. The van der Waals surface area contributed by atoms with Crippen molar-refractivity contribution in [3.63, 3.8) is 0 Å². The Balaban J connectivity index is 1.69. The van der Waals surface area contributed by atoms with Crippen molar-refractivity contribution in [1.29, 1.82) is 0 Å². The summed E-state index contributed by atoms with van der Waals surface area (Å²) < 4.78 is 6.25. The number of hydrogen-bond acceptors (Lipinski definition) is 3. The monoisotopic (exact) mass is 484 g/mol. The van der Waals surface area contributed by atoms with Crippen LogP contribution in [0.2, 0.25) is 0 Å². The van der Waals surface area contributed by atoms with Crippen LogP contribution >= 0.6 is 0 Å². The molecule has 36 heavy (non-hydrogen) atoms. The third kappa shape index (κ3) is 6.66. The molecule has 1 aliphatic rings. The fourth-order valence-corrected chi connectivity index (χ4v) is 4.67. The first kappa shape index (κ1) is 25.3. The molecule has 1 amide bonds. The highest BCUT2D eigenvalue weighted by atomic mass is 16.5. The number of anilines is 1. The molecule has 0 unspecified atom stereocenters. The van der Waals surface area contributed by atoms with Crippen molar-refractivity contribution in [1.82, 2.24) is 0 Å². The predicted molar refractivity (Wildman–Crippen MR) is 146 cm³/mol. The molecule has 0 saturated heterocycles. The number of aryl methyl sites for hydroxylation is 1. The third-order valence-corrected chi connectivity index (χ3v) is 6.87. The second kappa shape index (κ2) is 12.2. The minimum absolute atomic E-state index is 0.355. The zero-order valence-electron chi connectivity index (χ0n) is 21.0. The first-order chi connectivity index (χ1) is 17.5. The van der Waals surface area contributed by atoms with Crippen LogP contribution in [0.15, 0.2) is 77.8 Å². The lowest BCUT2D eigenvalue weighted by atomic mass is 9.89. The molecule has 4 rings (SSSR count). The maximum atomic E-state index is 12.0. The first-order valence-corrected chi connectivity index (χ1v) is 12.7. The van der Waals surface area contributed by atoms with Gasteiger partial charge < -0.3 is 21.1 Å². The number of aliphatic imine (C=N–C) groups is 1. The first-order valence-electron chi connectivity index (χ1n) is 12.7. The maximum absolute atomic E-state index is 12.0. The number of carbonyl (C=O) groups excluding carboxylic acids is 1. The standard InChI is InChI=1S/C30H36N4O2/c1-22-10-8-9-15-26(22)20-34(30(32)33-19-23-11-4-2-5-12-23)27-17-16-25(29(31)35)18-28(27)36-21-24-13-6-3-7-14-24/h3,6-10,13-18,23H,2,4-5,11-12,19-21H2,1H3,(H2,31,35)(H2,32,33). The number of nitrogens with two attached hydrogens (primary N) is 2. The fourth-order valence-electron chi connectivity index (χ4n) is 4.67. The van der Waals surface area contributed by atoms with Gasteiger partial charge in [-0.15, -0.1) is 0 Å². The van der Waals surface area contributed by atoms with E-state index in [2.05, 4.69) is 19.1 Å². The van der Waals surface area contributed by atoms with Gasteiger partial charge in [-0.3, -0.25) is 9.79 Å². The Labute approximate surface area is 214 Å². The van der Waals surface area contributed by atoms with Crippen LogP contribution in [0.4, 0.5) is 5.69 Å². The van der Waals surface area contributed by atoms with Crippen LogP contribution in [-0.2, 0) is 13.2 Å². The maximum Gasteiger partial charge on any atom is 0.248 e. The van der Waals surface area contributed by atoms with Gasteiger partial charge in [0, 0.05) is 12.1 Å². The molecule has 6 nitrogen and oxygen atoms in total. The Morgan fingerprint density at radius 1 is 0.972 bits per heavy atom. The number of rotatable bonds is 9. The van der Waals surface area contributed by atoms with Crippen LogP contribution in [-0.4, -0.2) is 18.4 Å². The summed E-state index contributed by atoms with van der Waals surface area (Å²) in [4.78, 5) is 18.8. The zero-order valence-corrected chi connectivity index (χ0v) is 21.0. The minimum atomic E-state index is -0.504. The summed E-state index contributed by atoms with van der Waals surface area (Å²) in [5.41, 5.74) is 16.7. The highest BCUT2D eigenvalue weighted by molar-refractivity contribution is 5.98. The molecule has 4 N–H and O–H groups in total. The van der Waals surface area contributed by atoms with Crippen LogP contribution in [0.3, 0.4) is 0 Å². The number of carbonyl (C=O) groups is 1. The Kier molecular flexibility index (Phi) is 8.61. The van der Waals surface area contributed by atoms with E-state index in [1.54, 1.807) is 12.1 Å². The van der Waals surface area contributed by atoms with Gasteiger partial charge >= 0.3 is 0 Å². The van der Waals surface area contributed by atoms with Crippen molar-refractivity contribution in [2.75, 3.05) is 11.4 Å². The number of nitrogens with zero attached hydrogens (tertiary/aromatic N) is 2. The second-order valence-corrected chi connectivity index (χ2v) is 9.54. The molecule has 0 bridgehead atoms. The van der Waals surface area contributed by atoms with Crippen molar-refractivity contribution < 1.29 is 9.53 Å². The molecular formula is C30H36N4O2. The summed E-state index contributed by atoms with van der Waals surface area (Å²) in [6.07, 6.45) is 6.24. The lowest BCUT2D eigenvalue weighted by Crippen LogP contribution is -2.38. The lowest BCUT2D eigenvalue weighted by Gasteiger charge is -2.28. The van der Waals surface area contributed by atoms with Gasteiger partial charge in [0.2, 0.25) is 5.91 Å². The van der Waals surface area contributed by atoms with E-state index in [-0.39, 0.29) is 0 Å². The van der Waals surface area contributed by atoms with Gasteiger partial charge in [0.1, 0.15) is 12.4 Å². The largest absolute Gasteiger partial charge is 0.487 e. The Hall–Kier alpha value is -3.80. The Bertz CT molecular complexity index is 1190. The van der Waals surface area contributed by atoms with Gasteiger partial charge in [-0.05, 0) is 60.6 Å². The molecule has 0 spiro atoms. The number of hydrogen-bond donors (Lipinski definition) is 2. The van der Waals surface area contributed by atoms with E-state index < -0.39 is 5.91 Å². The normalized spacial score (nSPS) is 14.4. The van der Waals surface area contributed by atoms with Gasteiger partial charge in [-0.1, -0.05) is 73.9 Å². The number of ether oxygens (including phenoxy) is 1. The smallest absolute Gasteiger partial charge is 0.248 e. The van der Waals surface area contributed by atoms with Gasteiger partial charge in [0.15, 0.2) is 5.96 Å². The quantitative estimate of drug-likeness (QED) is 0.306.